The smallest absolute Gasteiger partial charge is 0.178 e. The molecule has 0 heterocycles. The molecule has 0 aromatic heterocycles. The Morgan fingerprint density at radius 3 is 2.90 bits per heavy atom. The summed E-state index contributed by atoms with van der Waals surface area (Å²) in [4.78, 5) is 11.7. The Kier molecular flexibility index (Phi) is 2.83. The average molecular weight is 286 g/mol. The SMILES string of the molecule is CC12CCCC1C1CCC3=CC(=O)C=CC3(C)C1C(O)C2. The highest BCUT2D eigenvalue weighted by Crippen LogP contribution is 2.64. The molecule has 4 aliphatic carbocycles. The molecule has 2 nitrogen and oxygen atoms in total. The van der Waals surface area contributed by atoms with Gasteiger partial charge in [-0.05, 0) is 61.5 Å². The first-order chi connectivity index (χ1) is 9.94. The Morgan fingerprint density at radius 2 is 2.10 bits per heavy atom. The zero-order chi connectivity index (χ0) is 14.8. The first-order valence-corrected chi connectivity index (χ1v) is 8.56. The van der Waals surface area contributed by atoms with E-state index >= 15 is 0 Å². The highest BCUT2D eigenvalue weighted by molar-refractivity contribution is 6.01. The van der Waals surface area contributed by atoms with Crippen LogP contribution in [0.4, 0.5) is 0 Å². The number of carbonyl (C=O) groups is 1. The molecule has 1 N–H and O–H groups in total. The van der Waals surface area contributed by atoms with Gasteiger partial charge in [-0.1, -0.05) is 31.9 Å². The van der Waals surface area contributed by atoms with Gasteiger partial charge >= 0.3 is 0 Å². The van der Waals surface area contributed by atoms with E-state index in [9.17, 15) is 9.90 Å². The third-order valence-corrected chi connectivity index (χ3v) is 7.27. The predicted octanol–water partition coefficient (Wildman–Crippen LogP) is 3.66. The maximum Gasteiger partial charge on any atom is 0.178 e. The van der Waals surface area contributed by atoms with Gasteiger partial charge in [-0.25, -0.2) is 0 Å². The Bertz CT molecular complexity index is 546. The first-order valence-electron chi connectivity index (χ1n) is 8.56. The van der Waals surface area contributed by atoms with Crippen LogP contribution in [0.5, 0.6) is 0 Å². The Labute approximate surface area is 127 Å². The van der Waals surface area contributed by atoms with Crippen LogP contribution in [0.1, 0.15) is 52.4 Å². The number of aliphatic hydroxyl groups excluding tert-OH is 1. The van der Waals surface area contributed by atoms with E-state index in [2.05, 4.69) is 19.9 Å². The van der Waals surface area contributed by atoms with Gasteiger partial charge in [0, 0.05) is 11.3 Å². The lowest BCUT2D eigenvalue weighted by Gasteiger charge is -2.58. The molecule has 4 aliphatic rings. The molecule has 6 atom stereocenters. The average Bonchev–Trinajstić information content (AvgIpc) is 2.80. The van der Waals surface area contributed by atoms with E-state index in [-0.39, 0.29) is 17.3 Å². The maximum absolute atomic E-state index is 11.7. The number of hydrogen-bond donors (Lipinski definition) is 1. The van der Waals surface area contributed by atoms with E-state index in [1.54, 1.807) is 6.08 Å². The largest absolute Gasteiger partial charge is 0.393 e. The second-order valence-electron chi connectivity index (χ2n) is 8.34. The number of aliphatic hydroxyl groups is 1. The van der Waals surface area contributed by atoms with Gasteiger partial charge in [-0.2, -0.15) is 0 Å². The molecule has 0 aromatic carbocycles. The molecule has 6 unspecified atom stereocenters. The van der Waals surface area contributed by atoms with Crippen molar-refractivity contribution in [1.29, 1.82) is 0 Å². The lowest BCUT2D eigenvalue weighted by atomic mass is 9.47. The Morgan fingerprint density at radius 1 is 1.29 bits per heavy atom. The van der Waals surface area contributed by atoms with Gasteiger partial charge < -0.3 is 5.11 Å². The van der Waals surface area contributed by atoms with Crippen molar-refractivity contribution in [3.63, 3.8) is 0 Å². The minimum Gasteiger partial charge on any atom is -0.393 e. The van der Waals surface area contributed by atoms with Gasteiger partial charge in [0.1, 0.15) is 0 Å². The molecule has 0 aliphatic heterocycles. The van der Waals surface area contributed by atoms with Crippen LogP contribution < -0.4 is 0 Å². The van der Waals surface area contributed by atoms with Gasteiger partial charge in [0.05, 0.1) is 6.10 Å². The van der Waals surface area contributed by atoms with Crippen molar-refractivity contribution >= 4 is 5.78 Å². The van der Waals surface area contributed by atoms with Crippen molar-refractivity contribution in [2.75, 3.05) is 0 Å². The van der Waals surface area contributed by atoms with E-state index in [1.165, 1.54) is 24.8 Å². The summed E-state index contributed by atoms with van der Waals surface area (Å²) in [6.45, 7) is 4.65. The molecule has 0 spiro atoms. The third-order valence-electron chi connectivity index (χ3n) is 7.27. The Hall–Kier alpha value is -0.890. The van der Waals surface area contributed by atoms with E-state index < -0.39 is 0 Å². The molecule has 114 valence electrons. The fourth-order valence-corrected chi connectivity index (χ4v) is 6.34. The van der Waals surface area contributed by atoms with Crippen LogP contribution in [-0.4, -0.2) is 17.0 Å². The molecular weight excluding hydrogens is 260 g/mol. The summed E-state index contributed by atoms with van der Waals surface area (Å²) in [5.74, 6) is 1.83. The van der Waals surface area contributed by atoms with Crippen LogP contribution in [0.25, 0.3) is 0 Å². The zero-order valence-electron chi connectivity index (χ0n) is 13.1. The zero-order valence-corrected chi connectivity index (χ0v) is 13.1. The standard InChI is InChI=1S/C19H26O2/c1-18-8-3-4-15(18)14-6-5-12-10-13(20)7-9-19(12,2)17(14)16(21)11-18/h7,9-10,14-17,21H,3-6,8,11H2,1-2H3. The number of ketones is 1. The lowest BCUT2D eigenvalue weighted by molar-refractivity contribution is -0.113. The fourth-order valence-electron chi connectivity index (χ4n) is 6.34. The summed E-state index contributed by atoms with van der Waals surface area (Å²) >= 11 is 0. The molecule has 0 amide bonds. The van der Waals surface area contributed by atoms with E-state index in [1.807, 2.05) is 6.08 Å². The number of rotatable bonds is 0. The van der Waals surface area contributed by atoms with Crippen molar-refractivity contribution in [3.05, 3.63) is 23.8 Å². The van der Waals surface area contributed by atoms with Crippen molar-refractivity contribution in [3.8, 4) is 0 Å². The van der Waals surface area contributed by atoms with Crippen LogP contribution in [-0.2, 0) is 4.79 Å². The van der Waals surface area contributed by atoms with E-state index in [4.69, 9.17) is 0 Å². The van der Waals surface area contributed by atoms with Gasteiger partial charge in [0.25, 0.3) is 0 Å². The maximum atomic E-state index is 11.7. The molecule has 3 fully saturated rings. The first kappa shape index (κ1) is 13.8. The van der Waals surface area contributed by atoms with Crippen molar-refractivity contribution in [1.82, 2.24) is 0 Å². The number of hydrogen-bond acceptors (Lipinski definition) is 2. The van der Waals surface area contributed by atoms with E-state index in [0.717, 1.165) is 25.2 Å². The monoisotopic (exact) mass is 286 g/mol. The Balaban J connectivity index is 1.76. The third kappa shape index (κ3) is 1.78. The second-order valence-corrected chi connectivity index (χ2v) is 8.34. The summed E-state index contributed by atoms with van der Waals surface area (Å²) in [6, 6.07) is 0. The van der Waals surface area contributed by atoms with Crippen LogP contribution in [0.2, 0.25) is 0 Å². The fraction of sp³-hybridized carbons (Fsp3) is 0.737. The van der Waals surface area contributed by atoms with Crippen LogP contribution in [0.15, 0.2) is 23.8 Å². The summed E-state index contributed by atoms with van der Waals surface area (Å²) < 4.78 is 0. The normalized spacial score (nSPS) is 52.0. The van der Waals surface area contributed by atoms with Crippen LogP contribution >= 0.6 is 0 Å². The van der Waals surface area contributed by atoms with E-state index in [0.29, 0.717) is 17.3 Å². The van der Waals surface area contributed by atoms with Crippen molar-refractivity contribution < 1.29 is 9.90 Å². The summed E-state index contributed by atoms with van der Waals surface area (Å²) in [7, 11) is 0. The molecule has 21 heavy (non-hydrogen) atoms. The highest BCUT2D eigenvalue weighted by atomic mass is 16.3. The van der Waals surface area contributed by atoms with Gasteiger partial charge in [0.2, 0.25) is 0 Å². The van der Waals surface area contributed by atoms with Gasteiger partial charge in [0.15, 0.2) is 5.78 Å². The molecule has 4 rings (SSSR count). The minimum atomic E-state index is -0.221. The quantitative estimate of drug-likeness (QED) is 0.738. The van der Waals surface area contributed by atoms with Gasteiger partial charge in [-0.15, -0.1) is 0 Å². The predicted molar refractivity (Wildman–Crippen MR) is 82.6 cm³/mol. The highest BCUT2D eigenvalue weighted by Gasteiger charge is 2.58. The number of carbonyl (C=O) groups excluding carboxylic acids is 1. The molecule has 0 bridgehead atoms. The second kappa shape index (κ2) is 4.32. The number of fused-ring (bicyclic) bond motifs is 5. The number of allylic oxidation sites excluding steroid dienone is 4. The molecule has 0 saturated heterocycles. The van der Waals surface area contributed by atoms with Gasteiger partial charge in [-0.3, -0.25) is 4.79 Å². The summed E-state index contributed by atoms with van der Waals surface area (Å²) in [5, 5.41) is 10.9. The topological polar surface area (TPSA) is 37.3 Å². The van der Waals surface area contributed by atoms with Crippen LogP contribution in [0, 0.1) is 28.6 Å². The summed E-state index contributed by atoms with van der Waals surface area (Å²) in [6.07, 6.45) is 12.5. The van der Waals surface area contributed by atoms with Crippen molar-refractivity contribution in [2.24, 2.45) is 28.6 Å². The lowest BCUT2D eigenvalue weighted by Crippen LogP contribution is -2.54. The van der Waals surface area contributed by atoms with Crippen molar-refractivity contribution in [2.45, 2.75) is 58.5 Å². The molecule has 0 aromatic rings. The molecule has 2 heteroatoms. The molecule has 0 radical (unpaired) electrons. The minimum absolute atomic E-state index is 0.0971. The molecule has 3 saturated carbocycles. The summed E-state index contributed by atoms with van der Waals surface area (Å²) in [5.41, 5.74) is 1.52. The molecular formula is C19H26O2. The van der Waals surface area contributed by atoms with Crippen LogP contribution in [0.3, 0.4) is 0 Å².